The molecule has 3 heteroatoms. The van der Waals surface area contributed by atoms with Crippen LogP contribution in [-0.2, 0) is 0 Å². The Balaban J connectivity index is 2.03. The second kappa shape index (κ2) is 6.32. The summed E-state index contributed by atoms with van der Waals surface area (Å²) in [6.45, 7) is 5.18. The average Bonchev–Trinajstić information content (AvgIpc) is 2.42. The van der Waals surface area contributed by atoms with Gasteiger partial charge in [0, 0.05) is 19.2 Å². The first-order valence-corrected chi connectivity index (χ1v) is 6.86. The van der Waals surface area contributed by atoms with E-state index in [1.165, 1.54) is 11.1 Å². The minimum absolute atomic E-state index is 0.324. The third kappa shape index (κ3) is 3.10. The third-order valence-electron chi connectivity index (χ3n) is 4.03. The number of aliphatic hydroxyl groups is 1. The zero-order valence-corrected chi connectivity index (χ0v) is 11.2. The second-order valence-corrected chi connectivity index (χ2v) is 5.32. The second-order valence-electron chi connectivity index (χ2n) is 5.32. The molecular formula is C15H24N2O. The van der Waals surface area contributed by atoms with Crippen molar-refractivity contribution in [3.63, 3.8) is 0 Å². The standard InChI is InChI=1S/C15H24N2O/c1-12-2-4-14(5-3-12)15(10-16)17-8-6-13(11-18)7-9-17/h2-5,13,15,18H,6-11,16H2,1H3. The molecule has 1 aliphatic heterocycles. The Labute approximate surface area is 110 Å². The van der Waals surface area contributed by atoms with E-state index in [0.717, 1.165) is 25.9 Å². The molecular weight excluding hydrogens is 224 g/mol. The number of benzene rings is 1. The van der Waals surface area contributed by atoms with Crippen molar-refractivity contribution in [1.82, 2.24) is 4.90 Å². The maximum absolute atomic E-state index is 9.18. The van der Waals surface area contributed by atoms with Gasteiger partial charge in [-0.15, -0.1) is 0 Å². The lowest BCUT2D eigenvalue weighted by molar-refractivity contribution is 0.102. The maximum atomic E-state index is 9.18. The number of hydrogen-bond acceptors (Lipinski definition) is 3. The van der Waals surface area contributed by atoms with Gasteiger partial charge in [-0.2, -0.15) is 0 Å². The molecule has 0 saturated carbocycles. The first-order chi connectivity index (χ1) is 8.74. The lowest BCUT2D eigenvalue weighted by atomic mass is 9.94. The van der Waals surface area contributed by atoms with E-state index in [0.29, 0.717) is 25.1 Å². The molecule has 100 valence electrons. The fraction of sp³-hybridized carbons (Fsp3) is 0.600. The quantitative estimate of drug-likeness (QED) is 0.852. The number of hydrogen-bond donors (Lipinski definition) is 2. The first kappa shape index (κ1) is 13.5. The van der Waals surface area contributed by atoms with Crippen LogP contribution in [0.2, 0.25) is 0 Å². The summed E-state index contributed by atoms with van der Waals surface area (Å²) in [6.07, 6.45) is 2.16. The van der Waals surface area contributed by atoms with Gasteiger partial charge in [-0.25, -0.2) is 0 Å². The Morgan fingerprint density at radius 3 is 2.39 bits per heavy atom. The SMILES string of the molecule is Cc1ccc(C(CN)N2CCC(CO)CC2)cc1. The number of nitrogens with zero attached hydrogens (tertiary/aromatic N) is 1. The molecule has 1 aromatic carbocycles. The number of likely N-dealkylation sites (tertiary alicyclic amines) is 1. The fourth-order valence-electron chi connectivity index (χ4n) is 2.73. The maximum Gasteiger partial charge on any atom is 0.0470 e. The van der Waals surface area contributed by atoms with E-state index in [1.54, 1.807) is 0 Å². The lowest BCUT2D eigenvalue weighted by Gasteiger charge is -2.37. The van der Waals surface area contributed by atoms with Gasteiger partial charge in [0.25, 0.3) is 0 Å². The van der Waals surface area contributed by atoms with Crippen molar-refractivity contribution < 1.29 is 5.11 Å². The summed E-state index contributed by atoms with van der Waals surface area (Å²) < 4.78 is 0. The highest BCUT2D eigenvalue weighted by molar-refractivity contribution is 5.24. The van der Waals surface area contributed by atoms with Crippen molar-refractivity contribution in [2.75, 3.05) is 26.2 Å². The summed E-state index contributed by atoms with van der Waals surface area (Å²) >= 11 is 0. The summed E-state index contributed by atoms with van der Waals surface area (Å²) in [4.78, 5) is 2.46. The molecule has 1 atom stereocenters. The average molecular weight is 248 g/mol. The smallest absolute Gasteiger partial charge is 0.0470 e. The molecule has 1 unspecified atom stereocenters. The minimum Gasteiger partial charge on any atom is -0.396 e. The van der Waals surface area contributed by atoms with Crippen LogP contribution in [0.25, 0.3) is 0 Å². The molecule has 18 heavy (non-hydrogen) atoms. The van der Waals surface area contributed by atoms with Crippen LogP contribution in [0.15, 0.2) is 24.3 Å². The summed E-state index contributed by atoms with van der Waals surface area (Å²) in [6, 6.07) is 9.00. The Morgan fingerprint density at radius 2 is 1.89 bits per heavy atom. The number of nitrogens with two attached hydrogens (primary N) is 1. The summed E-state index contributed by atoms with van der Waals surface area (Å²) in [5.74, 6) is 0.484. The van der Waals surface area contributed by atoms with Gasteiger partial charge in [0.05, 0.1) is 0 Å². The van der Waals surface area contributed by atoms with Crippen LogP contribution in [0, 0.1) is 12.8 Å². The molecule has 0 aliphatic carbocycles. The van der Waals surface area contributed by atoms with Crippen molar-refractivity contribution in [3.05, 3.63) is 35.4 Å². The van der Waals surface area contributed by atoms with Gasteiger partial charge in [-0.1, -0.05) is 29.8 Å². The molecule has 2 rings (SSSR count). The topological polar surface area (TPSA) is 49.5 Å². The Hall–Kier alpha value is -0.900. The molecule has 0 aromatic heterocycles. The van der Waals surface area contributed by atoms with Gasteiger partial charge in [-0.05, 0) is 44.3 Å². The molecule has 1 aliphatic rings. The van der Waals surface area contributed by atoms with Gasteiger partial charge in [0.15, 0.2) is 0 Å². The van der Waals surface area contributed by atoms with Crippen LogP contribution in [0.4, 0.5) is 0 Å². The lowest BCUT2D eigenvalue weighted by Crippen LogP contribution is -2.40. The van der Waals surface area contributed by atoms with Crippen molar-refractivity contribution in [3.8, 4) is 0 Å². The Bertz CT molecular complexity index is 355. The molecule has 1 saturated heterocycles. The predicted molar refractivity (Wildman–Crippen MR) is 74.4 cm³/mol. The van der Waals surface area contributed by atoms with E-state index >= 15 is 0 Å². The predicted octanol–water partition coefficient (Wildman–Crippen LogP) is 1.70. The highest BCUT2D eigenvalue weighted by Crippen LogP contribution is 2.26. The molecule has 0 radical (unpaired) electrons. The molecule has 0 bridgehead atoms. The molecule has 1 aromatic rings. The highest BCUT2D eigenvalue weighted by atomic mass is 16.3. The first-order valence-electron chi connectivity index (χ1n) is 6.86. The summed E-state index contributed by atoms with van der Waals surface area (Å²) in [5, 5.41) is 9.18. The van der Waals surface area contributed by atoms with E-state index in [1.807, 2.05) is 0 Å². The van der Waals surface area contributed by atoms with Gasteiger partial charge in [0.1, 0.15) is 0 Å². The van der Waals surface area contributed by atoms with E-state index in [9.17, 15) is 5.11 Å². The van der Waals surface area contributed by atoms with Gasteiger partial charge < -0.3 is 10.8 Å². The molecule has 0 spiro atoms. The minimum atomic E-state index is 0.324. The highest BCUT2D eigenvalue weighted by Gasteiger charge is 2.24. The Kier molecular flexibility index (Phi) is 4.75. The zero-order chi connectivity index (χ0) is 13.0. The monoisotopic (exact) mass is 248 g/mol. The largest absolute Gasteiger partial charge is 0.396 e. The van der Waals surface area contributed by atoms with E-state index in [-0.39, 0.29) is 0 Å². The van der Waals surface area contributed by atoms with Crippen molar-refractivity contribution in [2.24, 2.45) is 11.7 Å². The van der Waals surface area contributed by atoms with Gasteiger partial charge >= 0.3 is 0 Å². The van der Waals surface area contributed by atoms with Gasteiger partial charge in [0.2, 0.25) is 0 Å². The van der Waals surface area contributed by atoms with E-state index in [4.69, 9.17) is 5.73 Å². The van der Waals surface area contributed by atoms with E-state index < -0.39 is 0 Å². The Morgan fingerprint density at radius 1 is 1.28 bits per heavy atom. The number of piperidine rings is 1. The van der Waals surface area contributed by atoms with Gasteiger partial charge in [-0.3, -0.25) is 4.90 Å². The molecule has 1 fully saturated rings. The number of rotatable bonds is 4. The molecule has 0 amide bonds. The van der Waals surface area contributed by atoms with Crippen molar-refractivity contribution in [1.29, 1.82) is 0 Å². The van der Waals surface area contributed by atoms with Crippen molar-refractivity contribution in [2.45, 2.75) is 25.8 Å². The molecule has 1 heterocycles. The summed E-state index contributed by atoms with van der Waals surface area (Å²) in [5.41, 5.74) is 8.55. The zero-order valence-electron chi connectivity index (χ0n) is 11.2. The molecule has 3 nitrogen and oxygen atoms in total. The van der Waals surface area contributed by atoms with Crippen LogP contribution in [0.5, 0.6) is 0 Å². The fourth-order valence-corrected chi connectivity index (χ4v) is 2.73. The molecule has 3 N–H and O–H groups in total. The van der Waals surface area contributed by atoms with E-state index in [2.05, 4.69) is 36.1 Å². The van der Waals surface area contributed by atoms with Crippen LogP contribution < -0.4 is 5.73 Å². The van der Waals surface area contributed by atoms with Crippen LogP contribution >= 0.6 is 0 Å². The van der Waals surface area contributed by atoms with Crippen LogP contribution in [0.1, 0.15) is 30.0 Å². The number of aryl methyl sites for hydroxylation is 1. The third-order valence-corrected chi connectivity index (χ3v) is 4.03. The van der Waals surface area contributed by atoms with Crippen molar-refractivity contribution >= 4 is 0 Å². The summed E-state index contributed by atoms with van der Waals surface area (Å²) in [7, 11) is 0. The van der Waals surface area contributed by atoms with Crippen LogP contribution in [0.3, 0.4) is 0 Å². The van der Waals surface area contributed by atoms with Crippen LogP contribution in [-0.4, -0.2) is 36.2 Å². The number of aliphatic hydroxyl groups excluding tert-OH is 1. The normalized spacial score (nSPS) is 19.9.